The van der Waals surface area contributed by atoms with E-state index in [1.807, 2.05) is 0 Å². The first-order chi connectivity index (χ1) is 8.24. The van der Waals surface area contributed by atoms with Gasteiger partial charge in [-0.05, 0) is 31.4 Å². The Balaban J connectivity index is 2.16. The van der Waals surface area contributed by atoms with E-state index in [2.05, 4.69) is 9.97 Å². The highest BCUT2D eigenvalue weighted by atomic mass is 19.1. The number of rotatable bonds is 1. The second kappa shape index (κ2) is 3.80. The van der Waals surface area contributed by atoms with Crippen LogP contribution in [0.1, 0.15) is 17.7 Å². The lowest BCUT2D eigenvalue weighted by Gasteiger charge is -2.03. The molecule has 0 radical (unpaired) electrons. The topological polar surface area (TPSA) is 45.8 Å². The van der Waals surface area contributed by atoms with Crippen molar-refractivity contribution in [2.45, 2.75) is 19.3 Å². The van der Waals surface area contributed by atoms with Crippen LogP contribution in [0.15, 0.2) is 29.1 Å². The van der Waals surface area contributed by atoms with E-state index >= 15 is 0 Å². The van der Waals surface area contributed by atoms with E-state index < -0.39 is 0 Å². The van der Waals surface area contributed by atoms with Crippen LogP contribution < -0.4 is 5.56 Å². The second-order valence-electron chi connectivity index (χ2n) is 4.20. The normalized spacial score (nSPS) is 13.7. The van der Waals surface area contributed by atoms with E-state index in [1.54, 1.807) is 12.1 Å². The Morgan fingerprint density at radius 2 is 2.18 bits per heavy atom. The monoisotopic (exact) mass is 230 g/mol. The number of aromatic amines is 1. The number of H-pyrrole nitrogens is 1. The van der Waals surface area contributed by atoms with Crippen molar-refractivity contribution in [3.63, 3.8) is 0 Å². The number of fused-ring (bicyclic) bond motifs is 1. The van der Waals surface area contributed by atoms with Crippen molar-refractivity contribution in [3.8, 4) is 11.4 Å². The van der Waals surface area contributed by atoms with Crippen LogP contribution in [0.2, 0.25) is 0 Å². The summed E-state index contributed by atoms with van der Waals surface area (Å²) in [6.07, 6.45) is 2.60. The van der Waals surface area contributed by atoms with E-state index in [0.29, 0.717) is 11.4 Å². The maximum Gasteiger partial charge on any atom is 0.254 e. The zero-order valence-electron chi connectivity index (χ0n) is 9.16. The van der Waals surface area contributed by atoms with Crippen LogP contribution in [0.25, 0.3) is 11.4 Å². The Bertz CT molecular complexity index is 634. The molecule has 1 aliphatic carbocycles. The summed E-state index contributed by atoms with van der Waals surface area (Å²) in [6, 6.07) is 6.09. The second-order valence-corrected chi connectivity index (χ2v) is 4.20. The van der Waals surface area contributed by atoms with Crippen LogP contribution in [0.5, 0.6) is 0 Å². The lowest BCUT2D eigenvalue weighted by atomic mass is 10.2. The molecule has 17 heavy (non-hydrogen) atoms. The van der Waals surface area contributed by atoms with Gasteiger partial charge in [0.05, 0.1) is 5.69 Å². The van der Waals surface area contributed by atoms with Gasteiger partial charge in [-0.2, -0.15) is 0 Å². The Hall–Kier alpha value is -1.97. The molecule has 1 aromatic heterocycles. The summed E-state index contributed by atoms with van der Waals surface area (Å²) in [5.41, 5.74) is 2.15. The fourth-order valence-electron chi connectivity index (χ4n) is 2.21. The number of hydrogen-bond donors (Lipinski definition) is 1. The highest BCUT2D eigenvalue weighted by Gasteiger charge is 2.17. The molecule has 2 aromatic rings. The van der Waals surface area contributed by atoms with Gasteiger partial charge in [-0.25, -0.2) is 9.37 Å². The molecule has 0 spiro atoms. The molecule has 0 saturated heterocycles. The van der Waals surface area contributed by atoms with Gasteiger partial charge in [0.1, 0.15) is 11.6 Å². The molecule has 4 heteroatoms. The Morgan fingerprint density at radius 1 is 1.29 bits per heavy atom. The fraction of sp³-hybridized carbons (Fsp3) is 0.231. The Kier molecular flexibility index (Phi) is 2.28. The molecule has 0 aliphatic heterocycles. The summed E-state index contributed by atoms with van der Waals surface area (Å²) in [6.45, 7) is 0. The lowest BCUT2D eigenvalue weighted by molar-refractivity contribution is 0.628. The van der Waals surface area contributed by atoms with Crippen LogP contribution in [-0.4, -0.2) is 9.97 Å². The average Bonchev–Trinajstić information content (AvgIpc) is 2.77. The third-order valence-corrected chi connectivity index (χ3v) is 3.04. The minimum absolute atomic E-state index is 0.0910. The van der Waals surface area contributed by atoms with Gasteiger partial charge in [-0.3, -0.25) is 4.79 Å². The standard InChI is InChI=1S/C13H11FN2O/c14-9-4-1-3-8(7-9)12-15-11-6-2-5-10(11)13(17)16-12/h1,3-4,7H,2,5-6H2,(H,15,16,17). The quantitative estimate of drug-likeness (QED) is 0.815. The van der Waals surface area contributed by atoms with Crippen LogP contribution in [0, 0.1) is 5.82 Å². The average molecular weight is 230 g/mol. The number of aryl methyl sites for hydroxylation is 1. The minimum atomic E-state index is -0.328. The van der Waals surface area contributed by atoms with Gasteiger partial charge < -0.3 is 4.98 Å². The zero-order valence-corrected chi connectivity index (χ0v) is 9.16. The SMILES string of the molecule is O=c1[nH]c(-c2cccc(F)c2)nc2c1CCC2. The summed E-state index contributed by atoms with van der Waals surface area (Å²) in [5, 5.41) is 0. The molecule has 1 aromatic carbocycles. The van der Waals surface area contributed by atoms with Crippen LogP contribution in [0.4, 0.5) is 4.39 Å². The molecule has 86 valence electrons. The third kappa shape index (κ3) is 1.75. The number of benzene rings is 1. The first kappa shape index (κ1) is 10.2. The number of halogens is 1. The van der Waals surface area contributed by atoms with Gasteiger partial charge in [0.25, 0.3) is 5.56 Å². The van der Waals surface area contributed by atoms with Crippen molar-refractivity contribution >= 4 is 0 Å². The smallest absolute Gasteiger partial charge is 0.254 e. The summed E-state index contributed by atoms with van der Waals surface area (Å²) in [4.78, 5) is 18.9. The van der Waals surface area contributed by atoms with Gasteiger partial charge in [0.15, 0.2) is 0 Å². The minimum Gasteiger partial charge on any atom is -0.306 e. The number of nitrogens with one attached hydrogen (secondary N) is 1. The van der Waals surface area contributed by atoms with Gasteiger partial charge >= 0.3 is 0 Å². The van der Waals surface area contributed by atoms with Crippen LogP contribution in [0.3, 0.4) is 0 Å². The van der Waals surface area contributed by atoms with Gasteiger partial charge in [0.2, 0.25) is 0 Å². The van der Waals surface area contributed by atoms with E-state index in [1.165, 1.54) is 12.1 Å². The highest BCUT2D eigenvalue weighted by Crippen LogP contribution is 2.20. The van der Waals surface area contributed by atoms with Crippen molar-refractivity contribution in [2.75, 3.05) is 0 Å². The van der Waals surface area contributed by atoms with E-state index in [-0.39, 0.29) is 11.4 Å². The van der Waals surface area contributed by atoms with E-state index in [9.17, 15) is 9.18 Å². The molecule has 0 saturated carbocycles. The van der Waals surface area contributed by atoms with Gasteiger partial charge in [0, 0.05) is 11.1 Å². The molecule has 0 unspecified atom stereocenters. The molecule has 0 atom stereocenters. The maximum atomic E-state index is 13.1. The van der Waals surface area contributed by atoms with E-state index in [4.69, 9.17) is 0 Å². The first-order valence-electron chi connectivity index (χ1n) is 5.62. The molecule has 0 amide bonds. The molecule has 0 fully saturated rings. The third-order valence-electron chi connectivity index (χ3n) is 3.04. The molecule has 0 bridgehead atoms. The van der Waals surface area contributed by atoms with Crippen molar-refractivity contribution in [3.05, 3.63) is 51.7 Å². The van der Waals surface area contributed by atoms with Crippen LogP contribution >= 0.6 is 0 Å². The lowest BCUT2D eigenvalue weighted by Crippen LogP contribution is -2.15. The van der Waals surface area contributed by atoms with Gasteiger partial charge in [-0.15, -0.1) is 0 Å². The number of nitrogens with zero attached hydrogens (tertiary/aromatic N) is 1. The summed E-state index contributed by atoms with van der Waals surface area (Å²) in [7, 11) is 0. The molecular weight excluding hydrogens is 219 g/mol. The van der Waals surface area contributed by atoms with Crippen LogP contribution in [-0.2, 0) is 12.8 Å². The molecule has 3 rings (SSSR count). The van der Waals surface area contributed by atoms with Gasteiger partial charge in [-0.1, -0.05) is 12.1 Å². The predicted molar refractivity (Wildman–Crippen MR) is 62.3 cm³/mol. The van der Waals surface area contributed by atoms with E-state index in [0.717, 1.165) is 30.5 Å². The summed E-state index contributed by atoms with van der Waals surface area (Å²) < 4.78 is 13.1. The maximum absolute atomic E-state index is 13.1. The highest BCUT2D eigenvalue weighted by molar-refractivity contribution is 5.55. The molecule has 3 nitrogen and oxygen atoms in total. The molecule has 1 heterocycles. The Morgan fingerprint density at radius 3 is 3.00 bits per heavy atom. The van der Waals surface area contributed by atoms with Crippen molar-refractivity contribution in [1.82, 2.24) is 9.97 Å². The predicted octanol–water partition coefficient (Wildman–Crippen LogP) is 2.06. The van der Waals surface area contributed by atoms with Crippen molar-refractivity contribution in [2.24, 2.45) is 0 Å². The Labute approximate surface area is 97.3 Å². The molecule has 1 aliphatic rings. The van der Waals surface area contributed by atoms with Crippen molar-refractivity contribution < 1.29 is 4.39 Å². The number of hydrogen-bond acceptors (Lipinski definition) is 2. The fourth-order valence-corrected chi connectivity index (χ4v) is 2.21. The zero-order chi connectivity index (χ0) is 11.8. The first-order valence-corrected chi connectivity index (χ1v) is 5.62. The molecule has 1 N–H and O–H groups in total. The largest absolute Gasteiger partial charge is 0.306 e. The molecular formula is C13H11FN2O. The summed E-state index contributed by atoms with van der Waals surface area (Å²) >= 11 is 0. The van der Waals surface area contributed by atoms with Crippen molar-refractivity contribution in [1.29, 1.82) is 0 Å². The summed E-state index contributed by atoms with van der Waals surface area (Å²) in [5.74, 6) is 0.126. The number of aromatic nitrogens is 2.